The van der Waals surface area contributed by atoms with E-state index in [-0.39, 0.29) is 23.6 Å². The molecule has 35 heavy (non-hydrogen) atoms. The highest BCUT2D eigenvalue weighted by Gasteiger charge is 2.35. The lowest BCUT2D eigenvalue weighted by Crippen LogP contribution is -2.50. The van der Waals surface area contributed by atoms with Crippen LogP contribution in [-0.2, 0) is 17.5 Å². The van der Waals surface area contributed by atoms with E-state index in [4.69, 9.17) is 27.8 Å². The lowest BCUT2D eigenvalue weighted by atomic mass is 10.0. The molecule has 7 nitrogen and oxygen atoms in total. The summed E-state index contributed by atoms with van der Waals surface area (Å²) in [6.45, 7) is 3.79. The van der Waals surface area contributed by atoms with Crippen LogP contribution in [0.25, 0.3) is 0 Å². The molecule has 2 aromatic carbocycles. The van der Waals surface area contributed by atoms with Gasteiger partial charge < -0.3 is 21.1 Å². The second kappa shape index (κ2) is 10.8. The lowest BCUT2D eigenvalue weighted by Gasteiger charge is -2.34. The summed E-state index contributed by atoms with van der Waals surface area (Å²) in [4.78, 5) is 12.9. The SMILES string of the molecule is NC(CC1C(N)=NCCN1Cc1cc(Cl)ccc1C(F)(F)F)=Nc1cccc(N2CCOCC2)c1. The Balaban J connectivity index is 1.52. The lowest BCUT2D eigenvalue weighted by molar-refractivity contribution is -0.138. The number of alkyl halides is 3. The first-order valence-corrected chi connectivity index (χ1v) is 11.7. The van der Waals surface area contributed by atoms with Gasteiger partial charge in [0, 0.05) is 43.3 Å². The van der Waals surface area contributed by atoms with Crippen LogP contribution in [0.3, 0.4) is 0 Å². The molecule has 0 saturated carbocycles. The normalized spacial score (nSPS) is 20.1. The molecule has 0 amide bonds. The van der Waals surface area contributed by atoms with Crippen molar-refractivity contribution in [3.63, 3.8) is 0 Å². The molecule has 4 rings (SSSR count). The highest BCUT2D eigenvalue weighted by atomic mass is 35.5. The number of ether oxygens (including phenoxy) is 1. The first kappa shape index (κ1) is 25.3. The molecule has 0 bridgehead atoms. The van der Waals surface area contributed by atoms with Crippen LogP contribution in [0.2, 0.25) is 5.02 Å². The monoisotopic (exact) mass is 508 g/mol. The number of hydrogen-bond acceptors (Lipinski definition) is 6. The van der Waals surface area contributed by atoms with Crippen LogP contribution in [-0.4, -0.2) is 62.0 Å². The maximum atomic E-state index is 13.6. The third-order valence-electron chi connectivity index (χ3n) is 6.09. The molecule has 2 aliphatic rings. The van der Waals surface area contributed by atoms with Crippen molar-refractivity contribution in [1.82, 2.24) is 4.90 Å². The van der Waals surface area contributed by atoms with Crippen molar-refractivity contribution in [2.75, 3.05) is 44.3 Å². The molecule has 0 aromatic heterocycles. The average Bonchev–Trinajstić information content (AvgIpc) is 2.81. The fraction of sp³-hybridized carbons (Fsp3) is 0.417. The third kappa shape index (κ3) is 6.45. The predicted octanol–water partition coefficient (Wildman–Crippen LogP) is 3.82. The minimum absolute atomic E-state index is 0.0100. The molecular formula is C24H28ClF3N6O. The minimum atomic E-state index is -4.49. The number of nitrogens with zero attached hydrogens (tertiary/aromatic N) is 4. The number of nitrogens with two attached hydrogens (primary N) is 2. The maximum Gasteiger partial charge on any atom is 0.416 e. The van der Waals surface area contributed by atoms with Gasteiger partial charge in [-0.3, -0.25) is 9.89 Å². The van der Waals surface area contributed by atoms with Crippen molar-refractivity contribution in [3.05, 3.63) is 58.6 Å². The molecule has 11 heteroatoms. The maximum absolute atomic E-state index is 13.6. The van der Waals surface area contributed by atoms with E-state index in [0.717, 1.165) is 24.8 Å². The fourth-order valence-electron chi connectivity index (χ4n) is 4.36. The van der Waals surface area contributed by atoms with Crippen molar-refractivity contribution in [2.45, 2.75) is 25.2 Å². The Morgan fingerprint density at radius 2 is 1.91 bits per heavy atom. The summed E-state index contributed by atoms with van der Waals surface area (Å²) in [5, 5.41) is 0.240. The summed E-state index contributed by atoms with van der Waals surface area (Å²) < 4.78 is 46.1. The number of aliphatic imine (C=N–C) groups is 2. The molecule has 0 spiro atoms. The van der Waals surface area contributed by atoms with Crippen LogP contribution in [0.15, 0.2) is 52.4 Å². The zero-order valence-corrected chi connectivity index (χ0v) is 19.9. The largest absolute Gasteiger partial charge is 0.416 e. The van der Waals surface area contributed by atoms with E-state index in [1.54, 1.807) is 0 Å². The van der Waals surface area contributed by atoms with Gasteiger partial charge in [0.05, 0.1) is 37.1 Å². The van der Waals surface area contributed by atoms with Crippen molar-refractivity contribution in [1.29, 1.82) is 0 Å². The van der Waals surface area contributed by atoms with Gasteiger partial charge in [-0.1, -0.05) is 17.7 Å². The quantitative estimate of drug-likeness (QED) is 0.457. The Hall–Kier alpha value is -2.82. The number of benzene rings is 2. The summed E-state index contributed by atoms with van der Waals surface area (Å²) in [6, 6.07) is 10.9. The second-order valence-electron chi connectivity index (χ2n) is 8.52. The van der Waals surface area contributed by atoms with Crippen LogP contribution in [0, 0.1) is 0 Å². The van der Waals surface area contributed by atoms with Gasteiger partial charge in [0.2, 0.25) is 0 Å². The summed E-state index contributed by atoms with van der Waals surface area (Å²) in [5.41, 5.74) is 13.5. The highest BCUT2D eigenvalue weighted by Crippen LogP contribution is 2.34. The van der Waals surface area contributed by atoms with Gasteiger partial charge in [0.15, 0.2) is 0 Å². The summed E-state index contributed by atoms with van der Waals surface area (Å²) in [5.74, 6) is 0.647. The number of hydrogen-bond donors (Lipinski definition) is 2. The van der Waals surface area contributed by atoms with Crippen molar-refractivity contribution >= 4 is 34.6 Å². The number of morpholine rings is 1. The fourth-order valence-corrected chi connectivity index (χ4v) is 4.55. The molecule has 1 unspecified atom stereocenters. The first-order chi connectivity index (χ1) is 16.7. The predicted molar refractivity (Wildman–Crippen MR) is 133 cm³/mol. The van der Waals surface area contributed by atoms with Gasteiger partial charge in [-0.15, -0.1) is 0 Å². The third-order valence-corrected chi connectivity index (χ3v) is 6.33. The van der Waals surface area contributed by atoms with Crippen LogP contribution >= 0.6 is 11.6 Å². The molecule has 2 aliphatic heterocycles. The first-order valence-electron chi connectivity index (χ1n) is 11.4. The molecule has 1 saturated heterocycles. The molecule has 0 aliphatic carbocycles. The number of amidine groups is 2. The van der Waals surface area contributed by atoms with E-state index in [2.05, 4.69) is 14.9 Å². The van der Waals surface area contributed by atoms with E-state index >= 15 is 0 Å². The van der Waals surface area contributed by atoms with E-state index in [9.17, 15) is 13.2 Å². The Morgan fingerprint density at radius 3 is 2.66 bits per heavy atom. The van der Waals surface area contributed by atoms with Crippen molar-refractivity contribution in [3.8, 4) is 0 Å². The van der Waals surface area contributed by atoms with Crippen molar-refractivity contribution < 1.29 is 17.9 Å². The number of halogens is 4. The number of rotatable bonds is 6. The molecule has 2 heterocycles. The smallest absolute Gasteiger partial charge is 0.387 e. The topological polar surface area (TPSA) is 92.5 Å². The molecule has 2 aromatic rings. The standard InChI is InChI=1S/C24H28ClF3N6O/c25-17-4-5-20(24(26,27)28)16(12-17)15-34-7-6-31-23(30)21(34)14-22(29)32-18-2-1-3-19(13-18)33-8-10-35-11-9-33/h1-5,12-13,21H,6-11,14-15H2,(H2,29,32)(H2,30,31). The molecular weight excluding hydrogens is 481 g/mol. The van der Waals surface area contributed by atoms with E-state index in [1.807, 2.05) is 29.2 Å². The van der Waals surface area contributed by atoms with E-state index in [0.29, 0.717) is 43.7 Å². The highest BCUT2D eigenvalue weighted by molar-refractivity contribution is 6.30. The molecule has 188 valence electrons. The zero-order chi connectivity index (χ0) is 25.0. The average molecular weight is 509 g/mol. The molecule has 0 radical (unpaired) electrons. The van der Waals surface area contributed by atoms with Gasteiger partial charge in [-0.05, 0) is 42.0 Å². The Labute approximate surface area is 207 Å². The molecule has 1 fully saturated rings. The zero-order valence-electron chi connectivity index (χ0n) is 19.1. The Bertz CT molecular complexity index is 1100. The summed E-state index contributed by atoms with van der Waals surface area (Å²) >= 11 is 6.01. The summed E-state index contributed by atoms with van der Waals surface area (Å²) in [7, 11) is 0. The second-order valence-corrected chi connectivity index (χ2v) is 8.96. The van der Waals surface area contributed by atoms with Gasteiger partial charge in [-0.2, -0.15) is 13.2 Å². The molecule has 1 atom stereocenters. The summed E-state index contributed by atoms with van der Waals surface area (Å²) in [6.07, 6.45) is -4.25. The van der Waals surface area contributed by atoms with Gasteiger partial charge in [0.25, 0.3) is 0 Å². The van der Waals surface area contributed by atoms with E-state index in [1.165, 1.54) is 12.1 Å². The van der Waals surface area contributed by atoms with Crippen LogP contribution in [0.4, 0.5) is 24.5 Å². The minimum Gasteiger partial charge on any atom is -0.387 e. The van der Waals surface area contributed by atoms with Gasteiger partial charge >= 0.3 is 6.18 Å². The molecule has 4 N–H and O–H groups in total. The van der Waals surface area contributed by atoms with Crippen LogP contribution < -0.4 is 16.4 Å². The Kier molecular flexibility index (Phi) is 7.83. The number of anilines is 1. The van der Waals surface area contributed by atoms with Crippen molar-refractivity contribution in [2.24, 2.45) is 21.5 Å². The van der Waals surface area contributed by atoms with Crippen LogP contribution in [0.1, 0.15) is 17.5 Å². The van der Waals surface area contributed by atoms with Gasteiger partial charge in [-0.25, -0.2) is 4.99 Å². The van der Waals surface area contributed by atoms with Crippen LogP contribution in [0.5, 0.6) is 0 Å². The van der Waals surface area contributed by atoms with E-state index < -0.39 is 17.8 Å². The Morgan fingerprint density at radius 1 is 1.14 bits per heavy atom. The van der Waals surface area contributed by atoms with Gasteiger partial charge in [0.1, 0.15) is 11.7 Å².